The molecule has 7 heteroatoms. The van der Waals surface area contributed by atoms with Crippen molar-refractivity contribution in [3.63, 3.8) is 0 Å². The van der Waals surface area contributed by atoms with Gasteiger partial charge in [-0.15, -0.1) is 0 Å². The van der Waals surface area contributed by atoms with Crippen molar-refractivity contribution in [1.29, 1.82) is 0 Å². The van der Waals surface area contributed by atoms with E-state index in [0.717, 1.165) is 5.56 Å². The van der Waals surface area contributed by atoms with Crippen molar-refractivity contribution < 1.29 is 13.2 Å². The van der Waals surface area contributed by atoms with Crippen LogP contribution < -0.4 is 9.62 Å². The minimum Gasteiger partial charge on any atom is -0.310 e. The summed E-state index contributed by atoms with van der Waals surface area (Å²) in [6.45, 7) is 5.35. The maximum Gasteiger partial charge on any atom is 0.240 e. The van der Waals surface area contributed by atoms with Crippen LogP contribution in [0.1, 0.15) is 18.1 Å². The van der Waals surface area contributed by atoms with Crippen LogP contribution in [0, 0.1) is 13.8 Å². The van der Waals surface area contributed by atoms with Gasteiger partial charge in [-0.3, -0.25) is 4.79 Å². The van der Waals surface area contributed by atoms with Crippen molar-refractivity contribution >= 4 is 33.2 Å². The standard InChI is InChI=1S/C18H21ClN2O3S/c1-13-8-9-18(14(2)12-13)25(23,24)20-10-11-21(15(3)22)17-7-5-4-6-16(17)19/h4-9,12,20H,10-11H2,1-3H3. The van der Waals surface area contributed by atoms with Crippen molar-refractivity contribution in [2.24, 2.45) is 0 Å². The van der Waals surface area contributed by atoms with Gasteiger partial charge in [0.1, 0.15) is 0 Å². The summed E-state index contributed by atoms with van der Waals surface area (Å²) >= 11 is 6.13. The molecule has 1 N–H and O–H groups in total. The van der Waals surface area contributed by atoms with Gasteiger partial charge in [-0.1, -0.05) is 41.4 Å². The lowest BCUT2D eigenvalue weighted by Crippen LogP contribution is -2.37. The third-order valence-electron chi connectivity index (χ3n) is 3.77. The van der Waals surface area contributed by atoms with E-state index in [1.54, 1.807) is 43.3 Å². The Bertz CT molecular complexity index is 882. The Morgan fingerprint density at radius 2 is 1.84 bits per heavy atom. The third kappa shape index (κ3) is 4.81. The molecule has 25 heavy (non-hydrogen) atoms. The maximum absolute atomic E-state index is 12.5. The summed E-state index contributed by atoms with van der Waals surface area (Å²) in [5.74, 6) is -0.209. The first-order valence-corrected chi connectivity index (χ1v) is 9.68. The van der Waals surface area contributed by atoms with Crippen LogP contribution in [0.4, 0.5) is 5.69 Å². The molecule has 0 spiro atoms. The van der Waals surface area contributed by atoms with Crippen molar-refractivity contribution in [3.8, 4) is 0 Å². The molecule has 0 atom stereocenters. The molecule has 0 aliphatic carbocycles. The van der Waals surface area contributed by atoms with Gasteiger partial charge >= 0.3 is 0 Å². The highest BCUT2D eigenvalue weighted by molar-refractivity contribution is 7.89. The summed E-state index contributed by atoms with van der Waals surface area (Å²) in [7, 11) is -3.64. The lowest BCUT2D eigenvalue weighted by atomic mass is 10.2. The van der Waals surface area contributed by atoms with Gasteiger partial charge in [0, 0.05) is 20.0 Å². The predicted octanol–water partition coefficient (Wildman–Crippen LogP) is 3.29. The van der Waals surface area contributed by atoms with Crippen LogP contribution in [-0.2, 0) is 14.8 Å². The number of sulfonamides is 1. The van der Waals surface area contributed by atoms with Gasteiger partial charge in [0.2, 0.25) is 15.9 Å². The fourth-order valence-electron chi connectivity index (χ4n) is 2.59. The second kappa shape index (κ2) is 7.99. The molecule has 134 valence electrons. The topological polar surface area (TPSA) is 66.5 Å². The molecule has 1 amide bonds. The largest absolute Gasteiger partial charge is 0.310 e. The Kier molecular flexibility index (Phi) is 6.21. The van der Waals surface area contributed by atoms with Crippen LogP contribution >= 0.6 is 11.6 Å². The third-order valence-corrected chi connectivity index (χ3v) is 5.71. The molecule has 0 unspecified atom stereocenters. The van der Waals surface area contributed by atoms with Gasteiger partial charge in [0.15, 0.2) is 0 Å². The highest BCUT2D eigenvalue weighted by Gasteiger charge is 2.19. The Hall–Kier alpha value is -1.89. The highest BCUT2D eigenvalue weighted by atomic mass is 35.5. The quantitative estimate of drug-likeness (QED) is 0.836. The molecule has 0 aromatic heterocycles. The molecule has 0 radical (unpaired) electrons. The summed E-state index contributed by atoms with van der Waals surface area (Å²) in [6, 6.07) is 12.1. The molecular weight excluding hydrogens is 360 g/mol. The molecule has 0 saturated carbocycles. The molecule has 0 heterocycles. The van der Waals surface area contributed by atoms with E-state index >= 15 is 0 Å². The molecule has 2 rings (SSSR count). The fourth-order valence-corrected chi connectivity index (χ4v) is 4.07. The summed E-state index contributed by atoms with van der Waals surface area (Å²) in [5, 5.41) is 0.440. The number of para-hydroxylation sites is 1. The SMILES string of the molecule is CC(=O)N(CCNS(=O)(=O)c1ccc(C)cc1C)c1ccccc1Cl. The molecule has 0 saturated heterocycles. The van der Waals surface area contributed by atoms with Crippen molar-refractivity contribution in [2.45, 2.75) is 25.7 Å². The van der Waals surface area contributed by atoms with Crippen molar-refractivity contribution in [1.82, 2.24) is 4.72 Å². The number of nitrogens with one attached hydrogen (secondary N) is 1. The highest BCUT2D eigenvalue weighted by Crippen LogP contribution is 2.25. The molecule has 0 fully saturated rings. The van der Waals surface area contributed by atoms with Crippen LogP contribution in [-0.4, -0.2) is 27.4 Å². The first-order chi connectivity index (χ1) is 11.7. The molecular formula is C18H21ClN2O3S. The van der Waals surface area contributed by atoms with Gasteiger partial charge in [0.25, 0.3) is 0 Å². The van der Waals surface area contributed by atoms with Gasteiger partial charge in [-0.2, -0.15) is 0 Å². The number of nitrogens with zero attached hydrogens (tertiary/aromatic N) is 1. The van der Waals surface area contributed by atoms with Gasteiger partial charge < -0.3 is 4.90 Å². The number of rotatable bonds is 6. The van der Waals surface area contributed by atoms with Gasteiger partial charge in [-0.25, -0.2) is 13.1 Å². The summed E-state index contributed by atoms with van der Waals surface area (Å²) in [5.41, 5.74) is 2.24. The van der Waals surface area contributed by atoms with Crippen LogP contribution in [0.5, 0.6) is 0 Å². The van der Waals surface area contributed by atoms with E-state index in [0.29, 0.717) is 16.3 Å². The van der Waals surface area contributed by atoms with Crippen LogP contribution in [0.25, 0.3) is 0 Å². The summed E-state index contributed by atoms with van der Waals surface area (Å²) < 4.78 is 27.5. The molecule has 0 bridgehead atoms. The number of amides is 1. The smallest absolute Gasteiger partial charge is 0.240 e. The van der Waals surface area contributed by atoms with E-state index < -0.39 is 10.0 Å². The Labute approximate surface area is 153 Å². The molecule has 2 aromatic carbocycles. The first-order valence-electron chi connectivity index (χ1n) is 7.82. The van der Waals surface area contributed by atoms with Crippen LogP contribution in [0.15, 0.2) is 47.4 Å². The Balaban J connectivity index is 2.12. The van der Waals surface area contributed by atoms with Gasteiger partial charge in [-0.05, 0) is 37.6 Å². The monoisotopic (exact) mass is 380 g/mol. The number of carbonyl (C=O) groups excluding carboxylic acids is 1. The predicted molar refractivity (Wildman–Crippen MR) is 101 cm³/mol. The summed E-state index contributed by atoms with van der Waals surface area (Å²) in [6.07, 6.45) is 0. The van der Waals surface area contributed by atoms with E-state index in [1.165, 1.54) is 11.8 Å². The van der Waals surface area contributed by atoms with Crippen molar-refractivity contribution in [2.75, 3.05) is 18.0 Å². The molecule has 2 aromatic rings. The first kappa shape index (κ1) is 19.4. The fraction of sp³-hybridized carbons (Fsp3) is 0.278. The van der Waals surface area contributed by atoms with E-state index in [-0.39, 0.29) is 23.9 Å². The molecule has 5 nitrogen and oxygen atoms in total. The number of anilines is 1. The van der Waals surface area contributed by atoms with E-state index in [4.69, 9.17) is 11.6 Å². The maximum atomic E-state index is 12.5. The lowest BCUT2D eigenvalue weighted by molar-refractivity contribution is -0.116. The van der Waals surface area contributed by atoms with E-state index in [9.17, 15) is 13.2 Å². The van der Waals surface area contributed by atoms with Gasteiger partial charge in [0.05, 0.1) is 15.6 Å². The Morgan fingerprint density at radius 1 is 1.16 bits per heavy atom. The minimum atomic E-state index is -3.64. The average Bonchev–Trinajstić information content (AvgIpc) is 2.52. The second-order valence-electron chi connectivity index (χ2n) is 5.79. The number of halogens is 1. The average molecular weight is 381 g/mol. The van der Waals surface area contributed by atoms with Crippen LogP contribution in [0.2, 0.25) is 5.02 Å². The summed E-state index contributed by atoms with van der Waals surface area (Å²) in [4.78, 5) is 13.6. The zero-order valence-corrected chi connectivity index (χ0v) is 16.0. The minimum absolute atomic E-state index is 0.0838. The van der Waals surface area contributed by atoms with Crippen molar-refractivity contribution in [3.05, 3.63) is 58.6 Å². The van der Waals surface area contributed by atoms with E-state index in [1.807, 2.05) is 13.0 Å². The number of hydrogen-bond acceptors (Lipinski definition) is 3. The zero-order chi connectivity index (χ0) is 18.6. The zero-order valence-electron chi connectivity index (χ0n) is 14.4. The second-order valence-corrected chi connectivity index (χ2v) is 7.93. The number of carbonyl (C=O) groups is 1. The lowest BCUT2D eigenvalue weighted by Gasteiger charge is -2.22. The van der Waals surface area contributed by atoms with E-state index in [2.05, 4.69) is 4.72 Å². The normalized spacial score (nSPS) is 11.4. The van der Waals surface area contributed by atoms with Crippen LogP contribution in [0.3, 0.4) is 0 Å². The molecule has 0 aliphatic heterocycles. The molecule has 0 aliphatic rings. The number of hydrogen-bond donors (Lipinski definition) is 1. The Morgan fingerprint density at radius 3 is 2.44 bits per heavy atom. The number of benzene rings is 2. The number of aryl methyl sites for hydroxylation is 2.